The SMILES string of the molecule is Cc1ccc(C2c3cccn3-c3ccccc3N2C(=O)CN(C(=O)Cc2ccccc2)C(C)C)cc1. The number of fused-ring (bicyclic) bond motifs is 3. The number of aromatic nitrogens is 1. The molecule has 36 heavy (non-hydrogen) atoms. The van der Waals surface area contributed by atoms with Crippen molar-refractivity contribution in [3.05, 3.63) is 120 Å². The van der Waals surface area contributed by atoms with Crippen LogP contribution in [0.2, 0.25) is 0 Å². The van der Waals surface area contributed by atoms with Gasteiger partial charge >= 0.3 is 0 Å². The Morgan fingerprint density at radius 1 is 0.833 bits per heavy atom. The van der Waals surface area contributed by atoms with Crippen LogP contribution in [0.4, 0.5) is 5.69 Å². The first-order chi connectivity index (χ1) is 17.4. The molecule has 1 aromatic heterocycles. The Hall–Kier alpha value is -4.12. The molecule has 5 nitrogen and oxygen atoms in total. The molecule has 1 aliphatic rings. The van der Waals surface area contributed by atoms with Crippen LogP contribution in [0.15, 0.2) is 97.2 Å². The van der Waals surface area contributed by atoms with Gasteiger partial charge in [0, 0.05) is 12.2 Å². The number of para-hydroxylation sites is 2. The van der Waals surface area contributed by atoms with Crippen molar-refractivity contribution in [2.45, 2.75) is 39.3 Å². The van der Waals surface area contributed by atoms with Crippen molar-refractivity contribution in [3.8, 4) is 5.69 Å². The van der Waals surface area contributed by atoms with E-state index in [0.29, 0.717) is 0 Å². The van der Waals surface area contributed by atoms with Crippen LogP contribution in [0.3, 0.4) is 0 Å². The van der Waals surface area contributed by atoms with Gasteiger partial charge in [-0.1, -0.05) is 72.3 Å². The smallest absolute Gasteiger partial charge is 0.247 e. The second kappa shape index (κ2) is 9.86. The van der Waals surface area contributed by atoms with Crippen LogP contribution in [-0.2, 0) is 16.0 Å². The van der Waals surface area contributed by atoms with Gasteiger partial charge in [0.05, 0.1) is 23.5 Å². The highest BCUT2D eigenvalue weighted by Crippen LogP contribution is 2.42. The molecule has 1 atom stereocenters. The van der Waals surface area contributed by atoms with E-state index in [0.717, 1.165) is 28.2 Å². The van der Waals surface area contributed by atoms with E-state index in [-0.39, 0.29) is 36.9 Å². The second-order valence-electron chi connectivity index (χ2n) is 9.65. The van der Waals surface area contributed by atoms with Crippen molar-refractivity contribution < 1.29 is 9.59 Å². The fourth-order valence-corrected chi connectivity index (χ4v) is 4.98. The van der Waals surface area contributed by atoms with Crippen molar-refractivity contribution in [2.75, 3.05) is 11.4 Å². The number of hydrogen-bond donors (Lipinski definition) is 0. The number of anilines is 1. The zero-order chi connectivity index (χ0) is 25.2. The molecule has 0 N–H and O–H groups in total. The molecule has 2 heterocycles. The summed E-state index contributed by atoms with van der Waals surface area (Å²) in [6.45, 7) is 6.00. The zero-order valence-electron chi connectivity index (χ0n) is 21.0. The molecule has 5 heteroatoms. The number of benzene rings is 3. The average Bonchev–Trinajstić information content (AvgIpc) is 3.37. The van der Waals surface area contributed by atoms with E-state index in [1.807, 2.05) is 85.6 Å². The number of rotatable bonds is 6. The third-order valence-corrected chi connectivity index (χ3v) is 6.83. The second-order valence-corrected chi connectivity index (χ2v) is 9.65. The standard InChI is InChI=1S/C31H31N3O2/c1-22(2)33(29(35)20-24-10-5-4-6-11-24)21-30(36)34-27-13-8-7-12-26(27)32-19-9-14-28(32)31(34)25-17-15-23(3)16-18-25/h4-19,22,31H,20-21H2,1-3H3. The lowest BCUT2D eigenvalue weighted by molar-refractivity contribution is -0.136. The highest BCUT2D eigenvalue weighted by Gasteiger charge is 2.37. The van der Waals surface area contributed by atoms with E-state index in [1.54, 1.807) is 4.90 Å². The normalized spacial score (nSPS) is 14.3. The summed E-state index contributed by atoms with van der Waals surface area (Å²) in [5.74, 6) is -0.152. The lowest BCUT2D eigenvalue weighted by Crippen LogP contribution is -2.49. The minimum Gasteiger partial charge on any atom is -0.331 e. The number of hydrogen-bond acceptors (Lipinski definition) is 2. The van der Waals surface area contributed by atoms with Crippen molar-refractivity contribution in [1.82, 2.24) is 9.47 Å². The van der Waals surface area contributed by atoms with Gasteiger partial charge in [0.1, 0.15) is 12.6 Å². The summed E-state index contributed by atoms with van der Waals surface area (Å²) in [5.41, 5.74) is 5.98. The number of carbonyl (C=O) groups excluding carboxylic acids is 2. The van der Waals surface area contributed by atoms with E-state index in [1.165, 1.54) is 5.56 Å². The highest BCUT2D eigenvalue weighted by molar-refractivity contribution is 6.00. The largest absolute Gasteiger partial charge is 0.331 e. The van der Waals surface area contributed by atoms with Gasteiger partial charge in [-0.05, 0) is 56.2 Å². The van der Waals surface area contributed by atoms with Gasteiger partial charge in [-0.25, -0.2) is 0 Å². The topological polar surface area (TPSA) is 45.6 Å². The molecule has 0 aliphatic carbocycles. The van der Waals surface area contributed by atoms with Gasteiger partial charge in [-0.2, -0.15) is 0 Å². The summed E-state index contributed by atoms with van der Waals surface area (Å²) >= 11 is 0. The molecule has 0 bridgehead atoms. The predicted octanol–water partition coefficient (Wildman–Crippen LogP) is 5.70. The Morgan fingerprint density at radius 3 is 2.19 bits per heavy atom. The van der Waals surface area contributed by atoms with Gasteiger partial charge in [-0.15, -0.1) is 0 Å². The first kappa shape index (κ1) is 23.6. The maximum atomic E-state index is 14.1. The lowest BCUT2D eigenvalue weighted by Gasteiger charge is -2.40. The van der Waals surface area contributed by atoms with Crippen molar-refractivity contribution in [1.29, 1.82) is 0 Å². The summed E-state index contributed by atoms with van der Waals surface area (Å²) in [5, 5.41) is 0. The minimum atomic E-state index is -0.291. The quantitative estimate of drug-likeness (QED) is 0.358. The fraction of sp³-hybridized carbons (Fsp3) is 0.226. The minimum absolute atomic E-state index is 0.0146. The van der Waals surface area contributed by atoms with Gasteiger partial charge in [0.15, 0.2) is 0 Å². The third-order valence-electron chi connectivity index (χ3n) is 6.83. The molecular formula is C31H31N3O2. The summed E-state index contributed by atoms with van der Waals surface area (Å²) in [4.78, 5) is 31.0. The van der Waals surface area contributed by atoms with E-state index < -0.39 is 0 Å². The summed E-state index contributed by atoms with van der Waals surface area (Å²) in [6.07, 6.45) is 2.31. The van der Waals surface area contributed by atoms with Crippen molar-refractivity contribution in [3.63, 3.8) is 0 Å². The molecule has 2 amide bonds. The highest BCUT2D eigenvalue weighted by atomic mass is 16.2. The van der Waals surface area contributed by atoms with Crippen LogP contribution < -0.4 is 4.90 Å². The molecule has 0 radical (unpaired) electrons. The number of carbonyl (C=O) groups is 2. The molecule has 0 saturated heterocycles. The molecule has 0 spiro atoms. The molecule has 1 unspecified atom stereocenters. The Bertz CT molecular complexity index is 1370. The third kappa shape index (κ3) is 4.44. The van der Waals surface area contributed by atoms with E-state index >= 15 is 0 Å². The van der Waals surface area contributed by atoms with Crippen LogP contribution in [0.5, 0.6) is 0 Å². The number of amides is 2. The van der Waals surface area contributed by atoms with E-state index in [4.69, 9.17) is 0 Å². The van der Waals surface area contributed by atoms with E-state index in [2.05, 4.69) is 41.8 Å². The number of aryl methyl sites for hydroxylation is 1. The van der Waals surface area contributed by atoms with Crippen LogP contribution in [0, 0.1) is 6.92 Å². The Labute approximate surface area is 212 Å². The number of nitrogens with zero attached hydrogens (tertiary/aromatic N) is 3. The first-order valence-electron chi connectivity index (χ1n) is 12.4. The van der Waals surface area contributed by atoms with Gasteiger partial charge < -0.3 is 9.47 Å². The van der Waals surface area contributed by atoms with Crippen molar-refractivity contribution in [2.24, 2.45) is 0 Å². The van der Waals surface area contributed by atoms with Gasteiger partial charge in [0.25, 0.3) is 0 Å². The molecule has 5 rings (SSSR count). The summed E-state index contributed by atoms with van der Waals surface area (Å²) in [6, 6.07) is 29.7. The molecule has 0 fully saturated rings. The predicted molar refractivity (Wildman–Crippen MR) is 143 cm³/mol. The molecule has 1 aliphatic heterocycles. The van der Waals surface area contributed by atoms with Crippen LogP contribution in [0.1, 0.15) is 42.3 Å². The summed E-state index contributed by atoms with van der Waals surface area (Å²) < 4.78 is 2.16. The maximum Gasteiger partial charge on any atom is 0.247 e. The Balaban J connectivity index is 1.52. The molecule has 182 valence electrons. The van der Waals surface area contributed by atoms with Crippen LogP contribution >= 0.6 is 0 Å². The average molecular weight is 478 g/mol. The summed E-state index contributed by atoms with van der Waals surface area (Å²) in [7, 11) is 0. The monoisotopic (exact) mass is 477 g/mol. The van der Waals surface area contributed by atoms with Crippen LogP contribution in [-0.4, -0.2) is 33.9 Å². The van der Waals surface area contributed by atoms with E-state index in [9.17, 15) is 9.59 Å². The van der Waals surface area contributed by atoms with Crippen molar-refractivity contribution >= 4 is 17.5 Å². The van der Waals surface area contributed by atoms with Crippen LogP contribution in [0.25, 0.3) is 5.69 Å². The molecular weight excluding hydrogens is 446 g/mol. The first-order valence-corrected chi connectivity index (χ1v) is 12.4. The zero-order valence-corrected chi connectivity index (χ0v) is 21.0. The fourth-order valence-electron chi connectivity index (χ4n) is 4.98. The Kier molecular flexibility index (Phi) is 6.47. The maximum absolute atomic E-state index is 14.1. The van der Waals surface area contributed by atoms with Gasteiger partial charge in [0.2, 0.25) is 11.8 Å². The lowest BCUT2D eigenvalue weighted by atomic mass is 9.97. The Morgan fingerprint density at radius 2 is 1.50 bits per heavy atom. The molecule has 3 aromatic carbocycles. The molecule has 0 saturated carbocycles. The molecule has 4 aromatic rings. The van der Waals surface area contributed by atoms with Gasteiger partial charge in [-0.3, -0.25) is 14.5 Å².